The number of carboxylic acid groups (broad SMARTS) is 1. The Hall–Kier alpha value is -2.36. The van der Waals surface area contributed by atoms with Crippen molar-refractivity contribution < 1.29 is 19.4 Å². The van der Waals surface area contributed by atoms with E-state index in [0.29, 0.717) is 6.42 Å². The highest BCUT2D eigenvalue weighted by atomic mass is 16.5. The van der Waals surface area contributed by atoms with Crippen LogP contribution in [0.4, 0.5) is 0 Å². The number of hydrogen-bond donors (Lipinski definition) is 1. The molecule has 0 aromatic heterocycles. The molecule has 0 saturated carbocycles. The lowest BCUT2D eigenvalue weighted by Crippen LogP contribution is -2.16. The number of allylic oxidation sites excluding steroid dienone is 9. The minimum atomic E-state index is -0.724. The molecule has 0 saturated heterocycles. The number of carboxylic acids is 1. The zero-order valence-electron chi connectivity index (χ0n) is 30.8. The van der Waals surface area contributed by atoms with Gasteiger partial charge in [0.25, 0.3) is 0 Å². The lowest BCUT2D eigenvalue weighted by atomic mass is 10.1. The molecule has 270 valence electrons. The van der Waals surface area contributed by atoms with Crippen LogP contribution in [0, 0.1) is 0 Å². The van der Waals surface area contributed by atoms with Crippen molar-refractivity contribution in [3.63, 3.8) is 0 Å². The maximum absolute atomic E-state index is 12.6. The predicted octanol–water partition coefficient (Wildman–Crippen LogP) is 13.7. The first-order chi connectivity index (χ1) is 23.1. The first-order valence-electron chi connectivity index (χ1n) is 19.8. The number of carbonyl (C=O) groups is 2. The summed E-state index contributed by atoms with van der Waals surface area (Å²) in [7, 11) is 0. The highest BCUT2D eigenvalue weighted by Gasteiger charge is 2.11. The number of esters is 1. The van der Waals surface area contributed by atoms with E-state index in [2.05, 4.69) is 74.6 Å². The minimum absolute atomic E-state index is 0.0719. The molecule has 0 heterocycles. The molecule has 0 aliphatic rings. The fraction of sp³-hybridized carbons (Fsp3) is 0.721. The zero-order chi connectivity index (χ0) is 34.3. The molecule has 4 nitrogen and oxygen atoms in total. The summed E-state index contributed by atoms with van der Waals surface area (Å²) in [6.07, 6.45) is 52.5. The van der Waals surface area contributed by atoms with Crippen molar-refractivity contribution >= 4 is 11.9 Å². The van der Waals surface area contributed by atoms with Crippen molar-refractivity contribution in [1.82, 2.24) is 0 Å². The van der Waals surface area contributed by atoms with E-state index in [1.807, 2.05) is 0 Å². The molecule has 4 heteroatoms. The van der Waals surface area contributed by atoms with Gasteiger partial charge in [-0.05, 0) is 83.1 Å². The molecule has 0 spiro atoms. The van der Waals surface area contributed by atoms with E-state index in [1.165, 1.54) is 89.9 Å². The SMILES string of the molecule is CC/C=C\C/C=C\C/C=C\C/C=C\CCCCCCCCCCC(=O)OC(/C=C\CCCCCCCCC)CCCCCCC(=O)O. The molecule has 0 bridgehead atoms. The van der Waals surface area contributed by atoms with Gasteiger partial charge in [0.15, 0.2) is 0 Å². The molecule has 0 fully saturated rings. The fourth-order valence-electron chi connectivity index (χ4n) is 5.55. The molecule has 0 aliphatic carbocycles. The third kappa shape index (κ3) is 38.0. The Balaban J connectivity index is 3.96. The van der Waals surface area contributed by atoms with E-state index in [0.717, 1.165) is 77.0 Å². The Morgan fingerprint density at radius 2 is 0.957 bits per heavy atom. The van der Waals surface area contributed by atoms with Crippen molar-refractivity contribution in [1.29, 1.82) is 0 Å². The molecule has 0 amide bonds. The largest absolute Gasteiger partial charge is 0.481 e. The van der Waals surface area contributed by atoms with Gasteiger partial charge in [-0.25, -0.2) is 0 Å². The van der Waals surface area contributed by atoms with E-state index in [1.54, 1.807) is 0 Å². The van der Waals surface area contributed by atoms with Crippen molar-refractivity contribution in [3.8, 4) is 0 Å². The minimum Gasteiger partial charge on any atom is -0.481 e. The molecule has 0 rings (SSSR count). The smallest absolute Gasteiger partial charge is 0.306 e. The molecule has 0 radical (unpaired) electrons. The zero-order valence-corrected chi connectivity index (χ0v) is 30.8. The normalized spacial score (nSPS) is 12.9. The molecule has 0 aromatic carbocycles. The highest BCUT2D eigenvalue weighted by molar-refractivity contribution is 5.69. The van der Waals surface area contributed by atoms with Gasteiger partial charge in [-0.15, -0.1) is 0 Å². The molecule has 47 heavy (non-hydrogen) atoms. The summed E-state index contributed by atoms with van der Waals surface area (Å²) >= 11 is 0. The molecular weight excluding hydrogens is 580 g/mol. The second-order valence-corrected chi connectivity index (χ2v) is 13.1. The standard InChI is InChI=1S/C43H74O4/c1-3-5-7-9-11-13-14-15-16-17-18-19-20-21-22-23-24-26-28-30-36-40-43(46)47-41(38-34-31-32-35-39-42(44)45)37-33-29-27-25-12-10-8-6-4-2/h5,7,11,13,15-16,18-19,33,37,41H,3-4,6,8-10,12,14,17,20-32,34-36,38-40H2,1-2H3,(H,44,45)/b7-5-,13-11-,16-15-,19-18-,37-33-. The van der Waals surface area contributed by atoms with Gasteiger partial charge in [0.2, 0.25) is 0 Å². The molecular formula is C43H74O4. The predicted molar refractivity (Wildman–Crippen MR) is 204 cm³/mol. The third-order valence-corrected chi connectivity index (χ3v) is 8.46. The molecule has 1 atom stereocenters. The van der Waals surface area contributed by atoms with Crippen molar-refractivity contribution in [3.05, 3.63) is 60.8 Å². The summed E-state index contributed by atoms with van der Waals surface area (Å²) in [5.74, 6) is -0.795. The third-order valence-electron chi connectivity index (χ3n) is 8.46. The van der Waals surface area contributed by atoms with Crippen LogP contribution in [0.25, 0.3) is 0 Å². The van der Waals surface area contributed by atoms with Gasteiger partial charge in [0.05, 0.1) is 0 Å². The van der Waals surface area contributed by atoms with Crippen molar-refractivity contribution in [2.75, 3.05) is 0 Å². The van der Waals surface area contributed by atoms with Crippen LogP contribution in [-0.2, 0) is 14.3 Å². The fourth-order valence-corrected chi connectivity index (χ4v) is 5.55. The van der Waals surface area contributed by atoms with Gasteiger partial charge < -0.3 is 9.84 Å². The van der Waals surface area contributed by atoms with E-state index in [-0.39, 0.29) is 18.5 Å². The van der Waals surface area contributed by atoms with Crippen LogP contribution in [0.15, 0.2) is 60.8 Å². The van der Waals surface area contributed by atoms with E-state index >= 15 is 0 Å². The van der Waals surface area contributed by atoms with Gasteiger partial charge in [-0.2, -0.15) is 0 Å². The summed E-state index contributed by atoms with van der Waals surface area (Å²) in [6, 6.07) is 0. The Bertz CT molecular complexity index is 835. The van der Waals surface area contributed by atoms with Crippen LogP contribution in [0.1, 0.15) is 194 Å². The summed E-state index contributed by atoms with van der Waals surface area (Å²) in [5, 5.41) is 8.83. The van der Waals surface area contributed by atoms with Crippen LogP contribution in [-0.4, -0.2) is 23.1 Å². The topological polar surface area (TPSA) is 63.6 Å². The average molecular weight is 655 g/mol. The number of rotatable bonds is 35. The van der Waals surface area contributed by atoms with Crippen molar-refractivity contribution in [2.45, 2.75) is 200 Å². The molecule has 0 aromatic rings. The van der Waals surface area contributed by atoms with Crippen LogP contribution >= 0.6 is 0 Å². The molecule has 1 unspecified atom stereocenters. The van der Waals surface area contributed by atoms with E-state index < -0.39 is 5.97 Å². The number of ether oxygens (including phenoxy) is 1. The Morgan fingerprint density at radius 1 is 0.511 bits per heavy atom. The van der Waals surface area contributed by atoms with Gasteiger partial charge in [-0.1, -0.05) is 158 Å². The quantitative estimate of drug-likeness (QED) is 0.0419. The summed E-state index contributed by atoms with van der Waals surface area (Å²) in [6.45, 7) is 4.42. The Morgan fingerprint density at radius 3 is 1.51 bits per heavy atom. The maximum Gasteiger partial charge on any atom is 0.306 e. The van der Waals surface area contributed by atoms with Gasteiger partial charge in [0.1, 0.15) is 6.10 Å². The Kier molecular flexibility index (Phi) is 36.2. The van der Waals surface area contributed by atoms with Crippen LogP contribution in [0.2, 0.25) is 0 Å². The summed E-state index contributed by atoms with van der Waals surface area (Å²) in [4.78, 5) is 23.3. The first kappa shape index (κ1) is 44.6. The Labute approximate surface area is 291 Å². The monoisotopic (exact) mass is 655 g/mol. The van der Waals surface area contributed by atoms with E-state index in [4.69, 9.17) is 9.84 Å². The lowest BCUT2D eigenvalue weighted by molar-refractivity contribution is -0.147. The first-order valence-corrected chi connectivity index (χ1v) is 19.8. The lowest BCUT2D eigenvalue weighted by Gasteiger charge is -2.15. The molecule has 1 N–H and O–H groups in total. The maximum atomic E-state index is 12.6. The molecule has 0 aliphatic heterocycles. The number of unbranched alkanes of at least 4 members (excludes halogenated alkanes) is 18. The number of aliphatic carboxylic acids is 1. The highest BCUT2D eigenvalue weighted by Crippen LogP contribution is 2.15. The number of carbonyl (C=O) groups excluding carboxylic acids is 1. The van der Waals surface area contributed by atoms with Crippen LogP contribution < -0.4 is 0 Å². The average Bonchev–Trinajstić information content (AvgIpc) is 3.05. The second-order valence-electron chi connectivity index (χ2n) is 13.1. The summed E-state index contributed by atoms with van der Waals surface area (Å²) < 4.78 is 5.88. The van der Waals surface area contributed by atoms with Crippen molar-refractivity contribution in [2.24, 2.45) is 0 Å². The summed E-state index contributed by atoms with van der Waals surface area (Å²) in [5.41, 5.74) is 0. The van der Waals surface area contributed by atoms with Gasteiger partial charge >= 0.3 is 11.9 Å². The number of hydrogen-bond acceptors (Lipinski definition) is 3. The van der Waals surface area contributed by atoms with E-state index in [9.17, 15) is 9.59 Å². The van der Waals surface area contributed by atoms with Crippen LogP contribution in [0.3, 0.4) is 0 Å². The second kappa shape index (κ2) is 38.1. The van der Waals surface area contributed by atoms with Gasteiger partial charge in [0, 0.05) is 12.8 Å². The van der Waals surface area contributed by atoms with Gasteiger partial charge in [-0.3, -0.25) is 9.59 Å². The van der Waals surface area contributed by atoms with Crippen LogP contribution in [0.5, 0.6) is 0 Å².